The molecule has 8 nitrogen and oxygen atoms in total. The predicted octanol–water partition coefficient (Wildman–Crippen LogP) is 3.43. The Morgan fingerprint density at radius 3 is 2.67 bits per heavy atom. The Balaban J connectivity index is 1.54. The quantitative estimate of drug-likeness (QED) is 0.440. The van der Waals surface area contributed by atoms with Crippen molar-refractivity contribution in [1.29, 1.82) is 0 Å². The molecule has 0 unspecified atom stereocenters. The van der Waals surface area contributed by atoms with Gasteiger partial charge in [0.1, 0.15) is 0 Å². The van der Waals surface area contributed by atoms with E-state index in [1.165, 1.54) is 16.8 Å². The lowest BCUT2D eigenvalue weighted by Gasteiger charge is -2.33. The van der Waals surface area contributed by atoms with Gasteiger partial charge in [0.25, 0.3) is 0 Å². The number of anilines is 2. The topological polar surface area (TPSA) is 76.7 Å². The van der Waals surface area contributed by atoms with E-state index in [2.05, 4.69) is 51.5 Å². The molecule has 3 aromatic heterocycles. The third-order valence-electron chi connectivity index (χ3n) is 6.32. The maximum atomic E-state index is 13.5. The summed E-state index contributed by atoms with van der Waals surface area (Å²) < 4.78 is 8.13. The number of aromatic nitrogens is 4. The van der Waals surface area contributed by atoms with E-state index >= 15 is 0 Å². The SMILES string of the molecule is COCCNc1ccc(-n2ncc3c(C)c(-c4cccc(N5CCC5)c4)c(C)n3c2=O)nc1. The first-order valence-electron chi connectivity index (χ1n) is 11.2. The molecule has 0 spiro atoms. The van der Waals surface area contributed by atoms with Gasteiger partial charge in [0.15, 0.2) is 5.82 Å². The predicted molar refractivity (Wildman–Crippen MR) is 131 cm³/mol. The molecule has 0 bridgehead atoms. The summed E-state index contributed by atoms with van der Waals surface area (Å²) in [5.74, 6) is 0.478. The van der Waals surface area contributed by atoms with Gasteiger partial charge < -0.3 is 15.0 Å². The zero-order chi connectivity index (χ0) is 22.9. The number of rotatable bonds is 7. The van der Waals surface area contributed by atoms with Crippen molar-refractivity contribution in [2.24, 2.45) is 0 Å². The Labute approximate surface area is 192 Å². The second kappa shape index (κ2) is 8.71. The van der Waals surface area contributed by atoms with Crippen LogP contribution >= 0.6 is 0 Å². The van der Waals surface area contributed by atoms with Crippen molar-refractivity contribution in [1.82, 2.24) is 19.2 Å². The fourth-order valence-corrected chi connectivity index (χ4v) is 4.45. The highest BCUT2D eigenvalue weighted by Gasteiger charge is 2.20. The van der Waals surface area contributed by atoms with Crippen molar-refractivity contribution in [2.45, 2.75) is 20.3 Å². The van der Waals surface area contributed by atoms with Crippen LogP contribution in [0.3, 0.4) is 0 Å². The molecule has 170 valence electrons. The summed E-state index contributed by atoms with van der Waals surface area (Å²) in [4.78, 5) is 20.3. The normalized spacial score (nSPS) is 13.4. The van der Waals surface area contributed by atoms with Crippen LogP contribution < -0.4 is 15.9 Å². The standard InChI is InChI=1S/C25H28N6O2/c1-17-22-16-28-31(23-9-8-20(15-27-23)26-10-13-33-3)25(32)30(22)18(2)24(17)19-6-4-7-21(14-19)29-11-5-12-29/h4,6-9,14-16,26H,5,10-13H2,1-3H3. The average Bonchev–Trinajstić information content (AvgIpc) is 3.04. The lowest BCUT2D eigenvalue weighted by atomic mass is 10.0. The number of hydrogen-bond donors (Lipinski definition) is 1. The first kappa shape index (κ1) is 21.2. The van der Waals surface area contributed by atoms with Crippen molar-refractivity contribution >= 4 is 16.9 Å². The molecule has 0 amide bonds. The molecular weight excluding hydrogens is 416 g/mol. The van der Waals surface area contributed by atoms with Gasteiger partial charge in [-0.05, 0) is 55.7 Å². The lowest BCUT2D eigenvalue weighted by molar-refractivity contribution is 0.211. The molecule has 1 aliphatic rings. The molecule has 0 atom stereocenters. The van der Waals surface area contributed by atoms with E-state index in [9.17, 15) is 4.79 Å². The van der Waals surface area contributed by atoms with Gasteiger partial charge in [-0.2, -0.15) is 9.78 Å². The number of fused-ring (bicyclic) bond motifs is 1. The van der Waals surface area contributed by atoms with E-state index in [-0.39, 0.29) is 5.69 Å². The van der Waals surface area contributed by atoms with Crippen molar-refractivity contribution < 1.29 is 4.74 Å². The number of nitrogens with one attached hydrogen (secondary N) is 1. The third kappa shape index (κ3) is 3.76. The minimum Gasteiger partial charge on any atom is -0.383 e. The Kier molecular flexibility index (Phi) is 5.60. The highest BCUT2D eigenvalue weighted by atomic mass is 16.5. The number of hydrogen-bond acceptors (Lipinski definition) is 6. The molecule has 1 aliphatic heterocycles. The molecule has 1 aromatic carbocycles. The van der Waals surface area contributed by atoms with Crippen molar-refractivity contribution in [3.63, 3.8) is 0 Å². The summed E-state index contributed by atoms with van der Waals surface area (Å²) >= 11 is 0. The molecule has 0 saturated carbocycles. The molecule has 0 aliphatic carbocycles. The third-order valence-corrected chi connectivity index (χ3v) is 6.32. The van der Waals surface area contributed by atoms with Crippen LogP contribution in [0.1, 0.15) is 17.7 Å². The Bertz CT molecular complexity index is 1350. The number of pyridine rings is 1. The zero-order valence-corrected chi connectivity index (χ0v) is 19.2. The Morgan fingerprint density at radius 2 is 1.97 bits per heavy atom. The molecule has 1 saturated heterocycles. The van der Waals surface area contributed by atoms with Crippen LogP contribution in [0.15, 0.2) is 53.6 Å². The van der Waals surface area contributed by atoms with E-state index in [0.717, 1.165) is 46.7 Å². The number of nitrogens with zero attached hydrogens (tertiary/aromatic N) is 5. The number of aryl methyl sites for hydroxylation is 2. The first-order chi connectivity index (χ1) is 16.1. The minimum atomic E-state index is -0.231. The largest absolute Gasteiger partial charge is 0.383 e. The van der Waals surface area contributed by atoms with Crippen molar-refractivity contribution in [2.75, 3.05) is 43.6 Å². The van der Waals surface area contributed by atoms with Gasteiger partial charge in [-0.25, -0.2) is 9.78 Å². The molecule has 8 heteroatoms. The van der Waals surface area contributed by atoms with Crippen LogP contribution in [0.4, 0.5) is 11.4 Å². The van der Waals surface area contributed by atoms with Crippen LogP contribution in [-0.2, 0) is 4.74 Å². The highest BCUT2D eigenvalue weighted by molar-refractivity contribution is 5.80. The van der Waals surface area contributed by atoms with Gasteiger partial charge in [-0.3, -0.25) is 4.40 Å². The van der Waals surface area contributed by atoms with Gasteiger partial charge in [-0.15, -0.1) is 0 Å². The van der Waals surface area contributed by atoms with Gasteiger partial charge in [0.05, 0.1) is 30.2 Å². The van der Waals surface area contributed by atoms with Crippen LogP contribution in [-0.4, -0.2) is 52.5 Å². The first-order valence-corrected chi connectivity index (χ1v) is 11.2. The number of ether oxygens (including phenoxy) is 1. The lowest BCUT2D eigenvalue weighted by Crippen LogP contribution is -2.36. The molecule has 1 N–H and O–H groups in total. The summed E-state index contributed by atoms with van der Waals surface area (Å²) in [7, 11) is 1.66. The van der Waals surface area contributed by atoms with E-state index in [1.54, 1.807) is 30.0 Å². The number of benzene rings is 1. The fourth-order valence-electron chi connectivity index (χ4n) is 4.45. The second-order valence-electron chi connectivity index (χ2n) is 8.36. The maximum absolute atomic E-state index is 13.5. The number of methoxy groups -OCH3 is 1. The zero-order valence-electron chi connectivity index (χ0n) is 19.2. The van der Waals surface area contributed by atoms with Gasteiger partial charge in [0.2, 0.25) is 0 Å². The highest BCUT2D eigenvalue weighted by Crippen LogP contribution is 2.34. The van der Waals surface area contributed by atoms with E-state index < -0.39 is 0 Å². The summed E-state index contributed by atoms with van der Waals surface area (Å²) in [5.41, 5.74) is 6.84. The summed E-state index contributed by atoms with van der Waals surface area (Å²) in [6.07, 6.45) is 4.69. The fraction of sp³-hybridized carbons (Fsp3) is 0.320. The molecular formula is C25H28N6O2. The Hall–Kier alpha value is -3.65. The van der Waals surface area contributed by atoms with Crippen LogP contribution in [0.5, 0.6) is 0 Å². The summed E-state index contributed by atoms with van der Waals surface area (Å²) in [6.45, 7) is 7.54. The van der Waals surface area contributed by atoms with E-state index in [1.807, 2.05) is 13.0 Å². The van der Waals surface area contributed by atoms with Crippen LogP contribution in [0.2, 0.25) is 0 Å². The van der Waals surface area contributed by atoms with Crippen LogP contribution in [0.25, 0.3) is 22.5 Å². The van der Waals surface area contributed by atoms with Crippen LogP contribution in [0, 0.1) is 13.8 Å². The molecule has 4 aromatic rings. The second-order valence-corrected chi connectivity index (χ2v) is 8.36. The van der Waals surface area contributed by atoms with Gasteiger partial charge in [0, 0.05) is 43.7 Å². The van der Waals surface area contributed by atoms with E-state index in [4.69, 9.17) is 4.74 Å². The van der Waals surface area contributed by atoms with E-state index in [0.29, 0.717) is 19.0 Å². The minimum absolute atomic E-state index is 0.231. The maximum Gasteiger partial charge on any atom is 0.355 e. The van der Waals surface area contributed by atoms with Gasteiger partial charge in [-0.1, -0.05) is 12.1 Å². The Morgan fingerprint density at radius 1 is 1.12 bits per heavy atom. The molecule has 0 radical (unpaired) electrons. The molecule has 4 heterocycles. The monoisotopic (exact) mass is 444 g/mol. The smallest absolute Gasteiger partial charge is 0.355 e. The summed E-state index contributed by atoms with van der Waals surface area (Å²) in [6, 6.07) is 12.2. The van der Waals surface area contributed by atoms with Crippen molar-refractivity contribution in [3.8, 4) is 16.9 Å². The molecule has 33 heavy (non-hydrogen) atoms. The summed E-state index contributed by atoms with van der Waals surface area (Å²) in [5, 5.41) is 7.65. The molecule has 1 fully saturated rings. The molecule has 5 rings (SSSR count). The average molecular weight is 445 g/mol. The van der Waals surface area contributed by atoms with Gasteiger partial charge >= 0.3 is 5.69 Å². The van der Waals surface area contributed by atoms with Crippen molar-refractivity contribution in [3.05, 3.63) is 70.5 Å².